The molecule has 80 valence electrons. The zero-order chi connectivity index (χ0) is 10.7. The Morgan fingerprint density at radius 3 is 2.80 bits per heavy atom. The van der Waals surface area contributed by atoms with E-state index >= 15 is 0 Å². The van der Waals surface area contributed by atoms with E-state index in [1.165, 1.54) is 10.9 Å². The Morgan fingerprint density at radius 2 is 2.00 bits per heavy atom. The molecule has 1 atom stereocenters. The summed E-state index contributed by atoms with van der Waals surface area (Å²) in [6.07, 6.45) is 1.97. The molecule has 0 spiro atoms. The van der Waals surface area contributed by atoms with Crippen LogP contribution in [0.1, 0.15) is 6.42 Å². The molecule has 2 rings (SSSR count). The highest BCUT2D eigenvalue weighted by Crippen LogP contribution is 2.15. The molecule has 0 aliphatic carbocycles. The highest BCUT2D eigenvalue weighted by Gasteiger charge is 2.04. The van der Waals surface area contributed by atoms with Gasteiger partial charge in [0, 0.05) is 18.3 Å². The van der Waals surface area contributed by atoms with Crippen LogP contribution in [0.15, 0.2) is 36.5 Å². The molecule has 15 heavy (non-hydrogen) atoms. The predicted octanol–water partition coefficient (Wildman–Crippen LogP) is 1.38. The van der Waals surface area contributed by atoms with Crippen LogP contribution in [-0.2, 0) is 6.54 Å². The third kappa shape index (κ3) is 2.19. The van der Waals surface area contributed by atoms with Gasteiger partial charge in [-0.05, 0) is 23.9 Å². The Balaban J connectivity index is 2.14. The lowest BCUT2D eigenvalue weighted by Gasteiger charge is -2.08. The second-order valence-corrected chi connectivity index (χ2v) is 3.69. The zero-order valence-corrected chi connectivity index (χ0v) is 8.50. The number of aliphatic hydroxyl groups excluding tert-OH is 2. The van der Waals surface area contributed by atoms with E-state index in [9.17, 15) is 5.11 Å². The molecule has 0 bridgehead atoms. The van der Waals surface area contributed by atoms with Crippen LogP contribution in [0.4, 0.5) is 0 Å². The number of hydrogen-bond acceptors (Lipinski definition) is 2. The van der Waals surface area contributed by atoms with E-state index in [1.54, 1.807) is 0 Å². The first kappa shape index (κ1) is 10.2. The van der Waals surface area contributed by atoms with E-state index in [0.29, 0.717) is 6.42 Å². The van der Waals surface area contributed by atoms with Gasteiger partial charge in [0.1, 0.15) is 0 Å². The van der Waals surface area contributed by atoms with Gasteiger partial charge in [0.15, 0.2) is 0 Å². The lowest BCUT2D eigenvalue weighted by molar-refractivity contribution is 0.0849. The fourth-order valence-corrected chi connectivity index (χ4v) is 1.71. The van der Waals surface area contributed by atoms with Gasteiger partial charge in [-0.3, -0.25) is 0 Å². The van der Waals surface area contributed by atoms with Crippen molar-refractivity contribution in [3.05, 3.63) is 36.5 Å². The number of fused-ring (bicyclic) bond motifs is 1. The third-order valence-electron chi connectivity index (χ3n) is 2.59. The van der Waals surface area contributed by atoms with Crippen LogP contribution < -0.4 is 0 Å². The second kappa shape index (κ2) is 4.47. The second-order valence-electron chi connectivity index (χ2n) is 3.69. The molecular formula is C12H15NO2. The van der Waals surface area contributed by atoms with Crippen LogP contribution in [-0.4, -0.2) is 27.5 Å². The Morgan fingerprint density at radius 1 is 1.20 bits per heavy atom. The van der Waals surface area contributed by atoms with Crippen molar-refractivity contribution >= 4 is 10.9 Å². The van der Waals surface area contributed by atoms with E-state index in [1.807, 2.05) is 18.3 Å². The maximum absolute atomic E-state index is 9.27. The van der Waals surface area contributed by atoms with Crippen LogP contribution >= 0.6 is 0 Å². The van der Waals surface area contributed by atoms with E-state index in [2.05, 4.69) is 22.8 Å². The van der Waals surface area contributed by atoms with Gasteiger partial charge < -0.3 is 14.8 Å². The molecule has 3 heteroatoms. The predicted molar refractivity (Wildman–Crippen MR) is 59.6 cm³/mol. The lowest BCUT2D eigenvalue weighted by atomic mass is 10.2. The van der Waals surface area contributed by atoms with E-state index in [4.69, 9.17) is 5.11 Å². The van der Waals surface area contributed by atoms with Crippen LogP contribution in [0.2, 0.25) is 0 Å². The van der Waals surface area contributed by atoms with Crippen molar-refractivity contribution in [2.45, 2.75) is 19.1 Å². The quantitative estimate of drug-likeness (QED) is 0.792. The minimum absolute atomic E-state index is 0.167. The summed E-state index contributed by atoms with van der Waals surface area (Å²) in [7, 11) is 0. The van der Waals surface area contributed by atoms with Crippen LogP contribution in [0, 0.1) is 0 Å². The summed E-state index contributed by atoms with van der Waals surface area (Å²) >= 11 is 0. The molecule has 0 saturated heterocycles. The Kier molecular flexibility index (Phi) is 3.04. The van der Waals surface area contributed by atoms with Crippen molar-refractivity contribution in [1.29, 1.82) is 0 Å². The number of rotatable bonds is 4. The molecular weight excluding hydrogens is 190 g/mol. The monoisotopic (exact) mass is 205 g/mol. The largest absolute Gasteiger partial charge is 0.394 e. The Labute approximate surface area is 88.6 Å². The third-order valence-corrected chi connectivity index (χ3v) is 2.59. The standard InChI is InChI=1S/C12H15NO2/c14-9-11(15)6-8-13-7-5-10-3-1-2-4-12(10)13/h1-5,7,11,14-15H,6,8-9H2/t11-/m0/s1. The van der Waals surface area contributed by atoms with E-state index < -0.39 is 6.10 Å². The van der Waals surface area contributed by atoms with Gasteiger partial charge in [0.2, 0.25) is 0 Å². The highest BCUT2D eigenvalue weighted by molar-refractivity contribution is 5.79. The van der Waals surface area contributed by atoms with Crippen molar-refractivity contribution in [2.75, 3.05) is 6.61 Å². The van der Waals surface area contributed by atoms with Gasteiger partial charge in [-0.15, -0.1) is 0 Å². The fraction of sp³-hybridized carbons (Fsp3) is 0.333. The molecule has 0 aliphatic heterocycles. The average Bonchev–Trinajstić information content (AvgIpc) is 2.69. The molecule has 0 amide bonds. The first-order valence-electron chi connectivity index (χ1n) is 5.14. The topological polar surface area (TPSA) is 45.4 Å². The Hall–Kier alpha value is -1.32. The van der Waals surface area contributed by atoms with Gasteiger partial charge >= 0.3 is 0 Å². The number of aliphatic hydroxyl groups is 2. The number of para-hydroxylation sites is 1. The molecule has 1 aromatic carbocycles. The van der Waals surface area contributed by atoms with Gasteiger partial charge in [0.05, 0.1) is 12.7 Å². The van der Waals surface area contributed by atoms with Crippen molar-refractivity contribution in [3.63, 3.8) is 0 Å². The van der Waals surface area contributed by atoms with Gasteiger partial charge in [0.25, 0.3) is 0 Å². The number of hydrogen-bond donors (Lipinski definition) is 2. The van der Waals surface area contributed by atoms with Gasteiger partial charge in [-0.25, -0.2) is 0 Å². The SMILES string of the molecule is OC[C@@H](O)CCn1ccc2ccccc21. The number of nitrogens with zero attached hydrogens (tertiary/aromatic N) is 1. The smallest absolute Gasteiger partial charge is 0.0787 e. The van der Waals surface area contributed by atoms with Crippen molar-refractivity contribution in [3.8, 4) is 0 Å². The van der Waals surface area contributed by atoms with Crippen molar-refractivity contribution in [1.82, 2.24) is 4.57 Å². The minimum atomic E-state index is -0.619. The number of benzene rings is 1. The van der Waals surface area contributed by atoms with Crippen molar-refractivity contribution < 1.29 is 10.2 Å². The average molecular weight is 205 g/mol. The molecule has 1 heterocycles. The summed E-state index contributed by atoms with van der Waals surface area (Å²) in [6, 6.07) is 10.2. The molecule has 0 radical (unpaired) electrons. The van der Waals surface area contributed by atoms with Gasteiger partial charge in [-0.2, -0.15) is 0 Å². The van der Waals surface area contributed by atoms with Crippen LogP contribution in [0.25, 0.3) is 10.9 Å². The lowest BCUT2D eigenvalue weighted by Crippen LogP contribution is -2.14. The van der Waals surface area contributed by atoms with E-state index in [0.717, 1.165) is 6.54 Å². The summed E-state index contributed by atoms with van der Waals surface area (Å²) in [5.74, 6) is 0. The van der Waals surface area contributed by atoms with Crippen LogP contribution in [0.3, 0.4) is 0 Å². The molecule has 0 aliphatic rings. The molecule has 0 fully saturated rings. The highest BCUT2D eigenvalue weighted by atomic mass is 16.3. The summed E-state index contributed by atoms with van der Waals surface area (Å²) < 4.78 is 2.09. The number of aromatic nitrogens is 1. The molecule has 3 nitrogen and oxygen atoms in total. The molecule has 0 saturated carbocycles. The van der Waals surface area contributed by atoms with E-state index in [-0.39, 0.29) is 6.61 Å². The summed E-state index contributed by atoms with van der Waals surface area (Å²) in [4.78, 5) is 0. The summed E-state index contributed by atoms with van der Waals surface area (Å²) in [5, 5.41) is 19.2. The first-order chi connectivity index (χ1) is 7.31. The maximum Gasteiger partial charge on any atom is 0.0787 e. The minimum Gasteiger partial charge on any atom is -0.394 e. The molecule has 1 aromatic heterocycles. The van der Waals surface area contributed by atoms with Gasteiger partial charge in [-0.1, -0.05) is 18.2 Å². The summed E-state index contributed by atoms with van der Waals surface area (Å²) in [5.41, 5.74) is 1.17. The van der Waals surface area contributed by atoms with Crippen LogP contribution in [0.5, 0.6) is 0 Å². The molecule has 2 aromatic rings. The number of aryl methyl sites for hydroxylation is 1. The summed E-state index contributed by atoms with van der Waals surface area (Å²) in [6.45, 7) is 0.564. The fourth-order valence-electron chi connectivity index (χ4n) is 1.71. The van der Waals surface area contributed by atoms with Crippen molar-refractivity contribution in [2.24, 2.45) is 0 Å². The first-order valence-corrected chi connectivity index (χ1v) is 5.14. The molecule has 2 N–H and O–H groups in total. The molecule has 0 unspecified atom stereocenters. The Bertz CT molecular complexity index is 436. The maximum atomic E-state index is 9.27. The zero-order valence-electron chi connectivity index (χ0n) is 8.50. The normalized spacial score (nSPS) is 13.2.